The van der Waals surface area contributed by atoms with Gasteiger partial charge >= 0.3 is 6.18 Å². The van der Waals surface area contributed by atoms with Crippen LogP contribution >= 0.6 is 12.6 Å². The van der Waals surface area contributed by atoms with Gasteiger partial charge in [0.25, 0.3) is 0 Å². The quantitative estimate of drug-likeness (QED) is 0.361. The van der Waals surface area contributed by atoms with E-state index in [0.717, 1.165) is 6.07 Å². The van der Waals surface area contributed by atoms with Crippen LogP contribution in [0.3, 0.4) is 0 Å². The Morgan fingerprint density at radius 3 is 2.17 bits per heavy atom. The number of phenolic OH excluding ortho intramolecular Hbond substituents is 2. The normalized spacial score (nSPS) is 18.4. The average Bonchev–Trinajstić information content (AvgIpc) is 2.96. The Morgan fingerprint density at radius 2 is 1.55 bits per heavy atom. The number of fused-ring (bicyclic) bond motifs is 1. The summed E-state index contributed by atoms with van der Waals surface area (Å²) >= 11 is 4.23. The van der Waals surface area contributed by atoms with Gasteiger partial charge in [-0.3, -0.25) is 4.79 Å². The Labute approximate surface area is 169 Å². The largest absolute Gasteiger partial charge is 0.504 e. The van der Waals surface area contributed by atoms with E-state index >= 15 is 0 Å². The smallest absolute Gasteiger partial charge is 0.418 e. The van der Waals surface area contributed by atoms with Crippen LogP contribution in [0.2, 0.25) is 0 Å². The molecule has 1 amide bonds. The molecule has 1 atom stereocenters. The lowest BCUT2D eigenvalue weighted by molar-refractivity contribution is -0.136. The number of halogens is 3. The SMILES string of the molecule is O=C1Nc2c(C(F)(F)F)cccc2C1(c1ccc(S)cc1)c1ccc(O)c(O)c1. The minimum absolute atomic E-state index is 0.106. The van der Waals surface area contributed by atoms with E-state index < -0.39 is 34.6 Å². The highest BCUT2D eigenvalue weighted by molar-refractivity contribution is 7.80. The van der Waals surface area contributed by atoms with Crippen molar-refractivity contribution < 1.29 is 28.2 Å². The van der Waals surface area contributed by atoms with Crippen molar-refractivity contribution in [2.75, 3.05) is 5.32 Å². The fourth-order valence-corrected chi connectivity index (χ4v) is 3.92. The van der Waals surface area contributed by atoms with E-state index in [4.69, 9.17) is 0 Å². The van der Waals surface area contributed by atoms with Crippen LogP contribution in [0.5, 0.6) is 11.5 Å². The number of benzene rings is 3. The maximum absolute atomic E-state index is 13.6. The molecule has 0 spiro atoms. The molecule has 0 aromatic heterocycles. The number of carbonyl (C=O) groups is 1. The highest BCUT2D eigenvalue weighted by Gasteiger charge is 2.52. The number of hydrogen-bond acceptors (Lipinski definition) is 4. The summed E-state index contributed by atoms with van der Waals surface area (Å²) in [5, 5.41) is 22.1. The third-order valence-corrected chi connectivity index (χ3v) is 5.36. The summed E-state index contributed by atoms with van der Waals surface area (Å²) in [7, 11) is 0. The number of hydrogen-bond donors (Lipinski definition) is 4. The van der Waals surface area contributed by atoms with Crippen molar-refractivity contribution in [3.8, 4) is 11.5 Å². The second-order valence-corrected chi connectivity index (χ2v) is 7.20. The number of rotatable bonds is 2. The third kappa shape index (κ3) is 2.82. The van der Waals surface area contributed by atoms with Crippen LogP contribution in [0, 0.1) is 0 Å². The van der Waals surface area contributed by atoms with Crippen molar-refractivity contribution in [2.24, 2.45) is 0 Å². The van der Waals surface area contributed by atoms with Gasteiger partial charge in [-0.2, -0.15) is 13.2 Å². The molecular weight excluding hydrogens is 403 g/mol. The average molecular weight is 417 g/mol. The van der Waals surface area contributed by atoms with Gasteiger partial charge in [0.2, 0.25) is 5.91 Å². The predicted molar refractivity (Wildman–Crippen MR) is 103 cm³/mol. The fourth-order valence-electron chi connectivity index (χ4n) is 3.77. The molecule has 0 fully saturated rings. The van der Waals surface area contributed by atoms with Gasteiger partial charge < -0.3 is 15.5 Å². The van der Waals surface area contributed by atoms with Crippen LogP contribution in [0.25, 0.3) is 0 Å². The van der Waals surface area contributed by atoms with Crippen molar-refractivity contribution in [3.63, 3.8) is 0 Å². The van der Waals surface area contributed by atoms with Gasteiger partial charge in [0.15, 0.2) is 11.5 Å². The maximum atomic E-state index is 13.6. The van der Waals surface area contributed by atoms with E-state index in [2.05, 4.69) is 17.9 Å². The number of anilines is 1. The molecule has 148 valence electrons. The molecule has 1 aliphatic rings. The monoisotopic (exact) mass is 417 g/mol. The molecule has 1 aliphatic heterocycles. The van der Waals surface area contributed by atoms with Gasteiger partial charge in [-0.15, -0.1) is 12.6 Å². The van der Waals surface area contributed by atoms with Crippen LogP contribution < -0.4 is 5.32 Å². The molecule has 29 heavy (non-hydrogen) atoms. The van der Waals surface area contributed by atoms with E-state index in [1.165, 1.54) is 30.3 Å². The number of amides is 1. The summed E-state index contributed by atoms with van der Waals surface area (Å²) in [4.78, 5) is 13.9. The predicted octanol–water partition coefficient (Wildman–Crippen LogP) is 4.69. The topological polar surface area (TPSA) is 69.6 Å². The van der Waals surface area contributed by atoms with Crippen LogP contribution in [0.1, 0.15) is 22.3 Å². The van der Waals surface area contributed by atoms with Gasteiger partial charge in [0, 0.05) is 10.5 Å². The zero-order chi connectivity index (χ0) is 21.0. The second kappa shape index (κ2) is 6.45. The summed E-state index contributed by atoms with van der Waals surface area (Å²) in [5.74, 6) is -1.58. The van der Waals surface area contributed by atoms with Gasteiger partial charge in [0.1, 0.15) is 5.41 Å². The minimum Gasteiger partial charge on any atom is -0.504 e. The molecule has 3 aromatic carbocycles. The molecule has 8 heteroatoms. The van der Waals surface area contributed by atoms with Crippen molar-refractivity contribution in [3.05, 3.63) is 82.9 Å². The van der Waals surface area contributed by atoms with Crippen molar-refractivity contribution >= 4 is 24.2 Å². The van der Waals surface area contributed by atoms with E-state index in [0.29, 0.717) is 10.5 Å². The summed E-state index contributed by atoms with van der Waals surface area (Å²) < 4.78 is 40.7. The van der Waals surface area contributed by atoms with E-state index in [1.807, 2.05) is 0 Å². The molecule has 0 aliphatic carbocycles. The first-order valence-corrected chi connectivity index (χ1v) is 8.94. The molecule has 0 radical (unpaired) electrons. The first-order valence-electron chi connectivity index (χ1n) is 8.50. The summed E-state index contributed by atoms with van der Waals surface area (Å²) in [6.07, 6.45) is -4.67. The van der Waals surface area contributed by atoms with Crippen LogP contribution in [-0.4, -0.2) is 16.1 Å². The first-order chi connectivity index (χ1) is 13.7. The second-order valence-electron chi connectivity index (χ2n) is 6.68. The van der Waals surface area contributed by atoms with Gasteiger partial charge in [-0.05, 0) is 41.5 Å². The lowest BCUT2D eigenvalue weighted by Gasteiger charge is -2.29. The Bertz CT molecular complexity index is 1130. The molecule has 3 aromatic rings. The molecule has 4 rings (SSSR count). The highest BCUT2D eigenvalue weighted by Crippen LogP contribution is 2.52. The van der Waals surface area contributed by atoms with Crippen LogP contribution in [-0.2, 0) is 16.4 Å². The van der Waals surface area contributed by atoms with Crippen LogP contribution in [0.15, 0.2) is 65.6 Å². The minimum atomic E-state index is -4.67. The molecule has 0 saturated heterocycles. The first kappa shape index (κ1) is 19.2. The van der Waals surface area contributed by atoms with Gasteiger partial charge in [-0.1, -0.05) is 30.3 Å². The lowest BCUT2D eigenvalue weighted by Crippen LogP contribution is -2.37. The Balaban J connectivity index is 2.10. The Kier molecular flexibility index (Phi) is 4.27. The molecule has 1 unspecified atom stereocenters. The molecule has 0 saturated carbocycles. The zero-order valence-corrected chi connectivity index (χ0v) is 15.6. The maximum Gasteiger partial charge on any atom is 0.418 e. The van der Waals surface area contributed by atoms with Gasteiger partial charge in [-0.25, -0.2) is 0 Å². The molecular formula is C21H14F3NO3S. The highest BCUT2D eigenvalue weighted by atomic mass is 32.1. The molecule has 4 nitrogen and oxygen atoms in total. The number of para-hydroxylation sites is 1. The third-order valence-electron chi connectivity index (χ3n) is 5.06. The van der Waals surface area contributed by atoms with Crippen molar-refractivity contribution in [1.82, 2.24) is 0 Å². The van der Waals surface area contributed by atoms with Crippen LogP contribution in [0.4, 0.5) is 18.9 Å². The summed E-state index contributed by atoms with van der Waals surface area (Å²) in [6.45, 7) is 0. The number of phenols is 2. The van der Waals surface area contributed by atoms with Crippen molar-refractivity contribution in [1.29, 1.82) is 0 Å². The van der Waals surface area contributed by atoms with Gasteiger partial charge in [0.05, 0.1) is 11.3 Å². The number of nitrogens with one attached hydrogen (secondary N) is 1. The summed E-state index contributed by atoms with van der Waals surface area (Å²) in [6, 6.07) is 13.8. The molecule has 1 heterocycles. The van der Waals surface area contributed by atoms with E-state index in [9.17, 15) is 28.2 Å². The van der Waals surface area contributed by atoms with E-state index in [1.54, 1.807) is 24.3 Å². The molecule has 0 bridgehead atoms. The Morgan fingerprint density at radius 1 is 0.897 bits per heavy atom. The standard InChI is InChI=1S/C21H14F3NO3S/c22-21(23,24)15-3-1-2-14-18(15)25-19(28)20(14,11-4-7-13(29)8-5-11)12-6-9-16(26)17(27)10-12/h1-10,26-27,29H,(H,25,28). The fraction of sp³-hybridized carbons (Fsp3) is 0.0952. The number of carbonyl (C=O) groups excluding carboxylic acids is 1. The Hall–Kier alpha value is -3.13. The molecule has 3 N–H and O–H groups in total. The number of aromatic hydroxyl groups is 2. The number of thiol groups is 1. The zero-order valence-electron chi connectivity index (χ0n) is 14.7. The lowest BCUT2D eigenvalue weighted by atomic mass is 9.70. The van der Waals surface area contributed by atoms with E-state index in [-0.39, 0.29) is 16.8 Å². The number of alkyl halides is 3. The summed E-state index contributed by atoms with van der Waals surface area (Å²) in [5.41, 5.74) is -2.21. The van der Waals surface area contributed by atoms with Crippen molar-refractivity contribution in [2.45, 2.75) is 16.5 Å².